The topological polar surface area (TPSA) is 111 Å². The Morgan fingerprint density at radius 1 is 1.17 bits per heavy atom. The molecule has 1 saturated carbocycles. The van der Waals surface area contributed by atoms with Crippen molar-refractivity contribution >= 4 is 34.7 Å². The lowest BCUT2D eigenvalue weighted by Crippen LogP contribution is -2.31. The maximum Gasteiger partial charge on any atom is 0.416 e. The molecule has 1 amide bonds. The zero-order valence-electron chi connectivity index (χ0n) is 20.0. The molecule has 0 spiro atoms. The van der Waals surface area contributed by atoms with Crippen LogP contribution in [0.3, 0.4) is 0 Å². The molecule has 8 nitrogen and oxygen atoms in total. The number of fused-ring (bicyclic) bond motifs is 1. The summed E-state index contributed by atoms with van der Waals surface area (Å²) >= 11 is 0. The van der Waals surface area contributed by atoms with Crippen LogP contribution in [0.1, 0.15) is 64.5 Å². The van der Waals surface area contributed by atoms with E-state index in [2.05, 4.69) is 27.5 Å². The Labute approximate surface area is 201 Å². The monoisotopic (exact) mass is 489 g/mol. The normalized spacial score (nSPS) is 19.0. The lowest BCUT2D eigenvalue weighted by molar-refractivity contribution is -0.137. The van der Waals surface area contributed by atoms with E-state index in [1.807, 2.05) is 18.4 Å². The van der Waals surface area contributed by atoms with Crippen molar-refractivity contribution in [3.8, 4) is 0 Å². The highest BCUT2D eigenvalue weighted by Gasteiger charge is 2.32. The third-order valence-corrected chi connectivity index (χ3v) is 6.68. The number of nitrogens with one attached hydrogen (secondary N) is 2. The number of alkyl halides is 3. The van der Waals surface area contributed by atoms with E-state index in [1.165, 1.54) is 6.07 Å². The van der Waals surface area contributed by atoms with Gasteiger partial charge in [-0.2, -0.15) is 18.2 Å². The fourth-order valence-electron chi connectivity index (χ4n) is 4.30. The Hall–Kier alpha value is -3.37. The molecule has 11 heteroatoms. The van der Waals surface area contributed by atoms with Gasteiger partial charge in [0.2, 0.25) is 17.8 Å². The number of carbonyl (C=O) groups is 1. The molecule has 1 aliphatic carbocycles. The van der Waals surface area contributed by atoms with Crippen LogP contribution in [0.2, 0.25) is 0 Å². The maximum atomic E-state index is 13.2. The Bertz CT molecular complexity index is 1210. The quantitative estimate of drug-likeness (QED) is 0.410. The number of rotatable bonds is 7. The van der Waals surface area contributed by atoms with Crippen LogP contribution in [0, 0.1) is 5.92 Å². The number of imidazole rings is 1. The number of anilines is 3. The van der Waals surface area contributed by atoms with Gasteiger partial charge in [0.1, 0.15) is 5.52 Å². The number of hydrogen-bond donors (Lipinski definition) is 3. The predicted molar refractivity (Wildman–Crippen MR) is 128 cm³/mol. The van der Waals surface area contributed by atoms with Gasteiger partial charge in [0.15, 0.2) is 5.65 Å². The van der Waals surface area contributed by atoms with Crippen LogP contribution in [0.25, 0.3) is 11.2 Å². The zero-order chi connectivity index (χ0) is 25.4. The number of aromatic nitrogens is 4. The Balaban J connectivity index is 1.74. The van der Waals surface area contributed by atoms with E-state index in [1.54, 1.807) is 12.3 Å². The molecule has 2 heterocycles. The largest absolute Gasteiger partial charge is 0.416 e. The van der Waals surface area contributed by atoms with Gasteiger partial charge in [0, 0.05) is 23.2 Å². The molecule has 2 aromatic heterocycles. The molecular weight excluding hydrogens is 459 g/mol. The second kappa shape index (κ2) is 9.35. The molecule has 188 valence electrons. The number of primary amides is 1. The van der Waals surface area contributed by atoms with Crippen molar-refractivity contribution in [2.24, 2.45) is 11.7 Å². The summed E-state index contributed by atoms with van der Waals surface area (Å²) < 4.78 is 41.6. The number of hydrogen-bond acceptors (Lipinski definition) is 6. The van der Waals surface area contributed by atoms with Crippen LogP contribution < -0.4 is 16.4 Å². The molecule has 4 N–H and O–H groups in total. The molecule has 3 aromatic rings. The van der Waals surface area contributed by atoms with Crippen LogP contribution in [0.5, 0.6) is 0 Å². The van der Waals surface area contributed by atoms with E-state index in [4.69, 9.17) is 10.7 Å². The van der Waals surface area contributed by atoms with Gasteiger partial charge in [-0.05, 0) is 64.2 Å². The third kappa shape index (κ3) is 5.49. The van der Waals surface area contributed by atoms with E-state index in [-0.39, 0.29) is 29.1 Å². The summed E-state index contributed by atoms with van der Waals surface area (Å²) in [7, 11) is 0. The van der Waals surface area contributed by atoms with Crippen LogP contribution in [0.4, 0.5) is 30.8 Å². The van der Waals surface area contributed by atoms with Gasteiger partial charge < -0.3 is 16.4 Å². The standard InChI is InChI=1S/C24H30F3N7O/c1-4-23(2,3)33-21-29-13-18-20(32-21)34(17-10-8-14(9-11-17)19(28)35)22(31-18)30-16-7-5-6-15(12-16)24(25,26)27/h5-7,12-14,17H,4,8-11H2,1-3H3,(H2,28,35)(H,30,31)(H,29,32,33)/t14-,17-. The number of amides is 1. The second-order valence-electron chi connectivity index (χ2n) is 9.68. The van der Waals surface area contributed by atoms with Gasteiger partial charge in [0.05, 0.1) is 11.8 Å². The van der Waals surface area contributed by atoms with E-state index >= 15 is 0 Å². The summed E-state index contributed by atoms with van der Waals surface area (Å²) in [4.78, 5) is 25.4. The average molecular weight is 490 g/mol. The van der Waals surface area contributed by atoms with E-state index in [0.29, 0.717) is 48.7 Å². The molecule has 0 aliphatic heterocycles. The SMILES string of the molecule is CCC(C)(C)Nc1ncc2nc(Nc3cccc(C(F)(F)F)c3)n([C@H]3CC[C@H](C(N)=O)CC3)c2n1. The average Bonchev–Trinajstić information content (AvgIpc) is 3.15. The molecule has 35 heavy (non-hydrogen) atoms. The minimum absolute atomic E-state index is 0.0502. The molecule has 1 aromatic carbocycles. The minimum atomic E-state index is -4.46. The second-order valence-corrected chi connectivity index (χ2v) is 9.68. The summed E-state index contributed by atoms with van der Waals surface area (Å²) in [6.07, 6.45) is 0.603. The lowest BCUT2D eigenvalue weighted by atomic mass is 9.85. The summed E-state index contributed by atoms with van der Waals surface area (Å²) in [5, 5.41) is 6.38. The Kier molecular flexibility index (Phi) is 6.61. The molecular formula is C24H30F3N7O. The van der Waals surface area contributed by atoms with Crippen molar-refractivity contribution < 1.29 is 18.0 Å². The first-order valence-electron chi connectivity index (χ1n) is 11.7. The van der Waals surface area contributed by atoms with Crippen molar-refractivity contribution in [1.82, 2.24) is 19.5 Å². The smallest absolute Gasteiger partial charge is 0.369 e. The molecule has 0 unspecified atom stereocenters. The molecule has 0 atom stereocenters. The van der Waals surface area contributed by atoms with Crippen LogP contribution in [0.15, 0.2) is 30.5 Å². The summed E-state index contributed by atoms with van der Waals surface area (Å²) in [5.74, 6) is 0.333. The van der Waals surface area contributed by atoms with Crippen molar-refractivity contribution in [3.63, 3.8) is 0 Å². The van der Waals surface area contributed by atoms with Gasteiger partial charge in [-0.3, -0.25) is 9.36 Å². The molecule has 4 rings (SSSR count). The van der Waals surface area contributed by atoms with Gasteiger partial charge in [-0.25, -0.2) is 9.97 Å². The summed E-state index contributed by atoms with van der Waals surface area (Å²) in [5.41, 5.74) is 5.89. The van der Waals surface area contributed by atoms with Crippen LogP contribution >= 0.6 is 0 Å². The van der Waals surface area contributed by atoms with Gasteiger partial charge in [0.25, 0.3) is 0 Å². The highest BCUT2D eigenvalue weighted by Crippen LogP contribution is 2.38. The minimum Gasteiger partial charge on any atom is -0.369 e. The van der Waals surface area contributed by atoms with Crippen molar-refractivity contribution in [2.45, 2.75) is 70.6 Å². The first-order valence-corrected chi connectivity index (χ1v) is 11.7. The third-order valence-electron chi connectivity index (χ3n) is 6.68. The first-order chi connectivity index (χ1) is 16.5. The number of nitrogens with zero attached hydrogens (tertiary/aromatic N) is 4. The fraction of sp³-hybridized carbons (Fsp3) is 0.500. The number of benzene rings is 1. The molecule has 0 saturated heterocycles. The Morgan fingerprint density at radius 2 is 1.89 bits per heavy atom. The van der Waals surface area contributed by atoms with Gasteiger partial charge in [-0.1, -0.05) is 13.0 Å². The van der Waals surface area contributed by atoms with E-state index in [0.717, 1.165) is 18.6 Å². The number of halogens is 3. The maximum absolute atomic E-state index is 13.2. The highest BCUT2D eigenvalue weighted by atomic mass is 19.4. The van der Waals surface area contributed by atoms with Gasteiger partial charge in [-0.15, -0.1) is 0 Å². The molecule has 0 radical (unpaired) electrons. The fourth-order valence-corrected chi connectivity index (χ4v) is 4.30. The molecule has 0 bridgehead atoms. The Morgan fingerprint density at radius 3 is 2.51 bits per heavy atom. The van der Waals surface area contributed by atoms with Crippen molar-refractivity contribution in [3.05, 3.63) is 36.0 Å². The zero-order valence-corrected chi connectivity index (χ0v) is 20.0. The van der Waals surface area contributed by atoms with E-state index in [9.17, 15) is 18.0 Å². The highest BCUT2D eigenvalue weighted by molar-refractivity contribution is 5.78. The van der Waals surface area contributed by atoms with E-state index < -0.39 is 11.7 Å². The molecule has 1 aliphatic rings. The van der Waals surface area contributed by atoms with Gasteiger partial charge >= 0.3 is 6.18 Å². The van der Waals surface area contributed by atoms with Crippen molar-refractivity contribution in [2.75, 3.05) is 10.6 Å². The molecule has 1 fully saturated rings. The number of carbonyl (C=O) groups excluding carboxylic acids is 1. The predicted octanol–water partition coefficient (Wildman–Crippen LogP) is 5.41. The lowest BCUT2D eigenvalue weighted by Gasteiger charge is -2.29. The van der Waals surface area contributed by atoms with Crippen LogP contribution in [-0.2, 0) is 11.0 Å². The van der Waals surface area contributed by atoms with Crippen molar-refractivity contribution in [1.29, 1.82) is 0 Å². The van der Waals surface area contributed by atoms with Crippen LogP contribution in [-0.4, -0.2) is 31.0 Å². The number of nitrogens with two attached hydrogens (primary N) is 1. The summed E-state index contributed by atoms with van der Waals surface area (Å²) in [6.45, 7) is 6.15. The summed E-state index contributed by atoms with van der Waals surface area (Å²) in [6, 6.07) is 4.94. The first kappa shape index (κ1) is 24.7.